The quantitative estimate of drug-likeness (QED) is 0.243. The van der Waals surface area contributed by atoms with E-state index in [0.29, 0.717) is 25.9 Å². The molecule has 0 N–H and O–H groups in total. The lowest BCUT2D eigenvalue weighted by molar-refractivity contribution is -0.153. The van der Waals surface area contributed by atoms with E-state index in [9.17, 15) is 40.0 Å². The summed E-state index contributed by atoms with van der Waals surface area (Å²) in [5, 5.41) is -0.0615. The van der Waals surface area contributed by atoms with Gasteiger partial charge in [0.2, 0.25) is 17.6 Å². The molecule has 2 aromatic carbocycles. The van der Waals surface area contributed by atoms with Crippen molar-refractivity contribution in [3.05, 3.63) is 74.9 Å². The molecule has 44 heavy (non-hydrogen) atoms. The predicted octanol–water partition coefficient (Wildman–Crippen LogP) is 5.04. The summed E-state index contributed by atoms with van der Waals surface area (Å²) >= 11 is 12.3. The van der Waals surface area contributed by atoms with E-state index in [0.717, 1.165) is 26.7 Å². The van der Waals surface area contributed by atoms with Gasteiger partial charge in [-0.1, -0.05) is 29.6 Å². The van der Waals surface area contributed by atoms with Gasteiger partial charge in [0.25, 0.3) is 10.0 Å². The third-order valence-corrected chi connectivity index (χ3v) is 10.5. The van der Waals surface area contributed by atoms with Crippen molar-refractivity contribution in [3.8, 4) is 0 Å². The summed E-state index contributed by atoms with van der Waals surface area (Å²) in [6, 6.07) is 0.0540. The summed E-state index contributed by atoms with van der Waals surface area (Å²) in [5.74, 6) is -13.1. The first-order valence-electron chi connectivity index (χ1n) is 13.8. The smallest absolute Gasteiger partial charge is 0.267 e. The molecule has 2 saturated heterocycles. The molecule has 2 fully saturated rings. The first kappa shape index (κ1) is 32.5. The number of rotatable bonds is 6. The third kappa shape index (κ3) is 5.43. The molecule has 0 bridgehead atoms. The number of nitrogens with zero attached hydrogens (tertiary/aromatic N) is 4. The SMILES string of the molecule is CC(C)N1C=C2N(C(=O)C(N3CCCCC3)CN2S(=O)(=O)c2ccc(Cl)cc2Cl)C(Cc2c(F)c(F)c(F)c(F)c2F)C1=O. The van der Waals surface area contributed by atoms with Crippen LogP contribution in [0.15, 0.2) is 35.1 Å². The highest BCUT2D eigenvalue weighted by atomic mass is 35.5. The van der Waals surface area contributed by atoms with Gasteiger partial charge in [-0.2, -0.15) is 0 Å². The number of fused-ring (bicyclic) bond motifs is 1. The molecular weight excluding hydrogens is 654 g/mol. The summed E-state index contributed by atoms with van der Waals surface area (Å²) in [5.41, 5.74) is -1.31. The van der Waals surface area contributed by atoms with E-state index in [1.165, 1.54) is 18.2 Å². The number of hydrogen-bond donors (Lipinski definition) is 0. The zero-order valence-electron chi connectivity index (χ0n) is 23.5. The van der Waals surface area contributed by atoms with Crippen molar-refractivity contribution in [1.82, 2.24) is 19.0 Å². The first-order chi connectivity index (χ1) is 20.7. The van der Waals surface area contributed by atoms with Gasteiger partial charge in [0, 0.05) is 29.2 Å². The van der Waals surface area contributed by atoms with Crippen LogP contribution in [0.4, 0.5) is 22.0 Å². The van der Waals surface area contributed by atoms with Crippen LogP contribution in [0.1, 0.15) is 38.7 Å². The van der Waals surface area contributed by atoms with Crippen LogP contribution < -0.4 is 0 Å². The Morgan fingerprint density at radius 2 is 1.48 bits per heavy atom. The molecule has 2 unspecified atom stereocenters. The number of piperidine rings is 1. The van der Waals surface area contributed by atoms with Gasteiger partial charge in [0.1, 0.15) is 22.8 Å². The number of halogens is 7. The van der Waals surface area contributed by atoms with Crippen molar-refractivity contribution in [2.75, 3.05) is 19.6 Å². The molecule has 2 aromatic rings. The van der Waals surface area contributed by atoms with E-state index in [1.807, 2.05) is 0 Å². The molecule has 0 aromatic heterocycles. The standard InChI is InChI=1S/C28H27Cl2F5N4O4S/c1-14(2)37-13-21-38(44(42,43)20-7-6-15(29)10-17(20)30)12-19(36-8-4-3-5-9-36)28(41)39(21)18(27(37)40)11-16-22(31)24(33)26(35)25(34)23(16)32/h6-7,10,13-14,18-19H,3-5,8-9,11-12H2,1-2H3. The molecule has 3 aliphatic heterocycles. The number of sulfonamides is 1. The van der Waals surface area contributed by atoms with E-state index in [4.69, 9.17) is 23.2 Å². The molecule has 0 radical (unpaired) electrons. The fourth-order valence-corrected chi connectivity index (χ4v) is 7.97. The third-order valence-electron chi connectivity index (χ3n) is 8.02. The fraction of sp³-hybridized carbons (Fsp3) is 0.429. The lowest BCUT2D eigenvalue weighted by atomic mass is 9.97. The number of carbonyl (C=O) groups is 2. The maximum atomic E-state index is 14.9. The topological polar surface area (TPSA) is 81.2 Å². The molecule has 16 heteroatoms. The van der Waals surface area contributed by atoms with E-state index in [-0.39, 0.29) is 20.8 Å². The molecule has 2 amide bonds. The zero-order chi connectivity index (χ0) is 32.2. The second-order valence-corrected chi connectivity index (χ2v) is 13.7. The average Bonchev–Trinajstić information content (AvgIpc) is 2.98. The maximum absolute atomic E-state index is 14.9. The number of amides is 2. The van der Waals surface area contributed by atoms with Gasteiger partial charge >= 0.3 is 0 Å². The van der Waals surface area contributed by atoms with Gasteiger partial charge < -0.3 is 4.90 Å². The molecule has 3 aliphatic rings. The van der Waals surface area contributed by atoms with Crippen molar-refractivity contribution < 1.29 is 40.0 Å². The minimum atomic E-state index is -4.57. The first-order valence-corrected chi connectivity index (χ1v) is 16.0. The van der Waals surface area contributed by atoms with Crippen molar-refractivity contribution in [2.45, 2.75) is 62.6 Å². The molecule has 238 valence electrons. The minimum Gasteiger partial charge on any atom is -0.311 e. The zero-order valence-corrected chi connectivity index (χ0v) is 25.8. The summed E-state index contributed by atoms with van der Waals surface area (Å²) in [7, 11) is -4.57. The highest BCUT2D eigenvalue weighted by Crippen LogP contribution is 2.38. The van der Waals surface area contributed by atoms with Crippen LogP contribution in [0.3, 0.4) is 0 Å². The van der Waals surface area contributed by atoms with Gasteiger partial charge in [-0.05, 0) is 58.0 Å². The second kappa shape index (κ2) is 12.1. The van der Waals surface area contributed by atoms with E-state index in [1.54, 1.807) is 18.7 Å². The lowest BCUT2D eigenvalue weighted by Crippen LogP contribution is -2.68. The molecule has 8 nitrogen and oxygen atoms in total. The van der Waals surface area contributed by atoms with Crippen molar-refractivity contribution >= 4 is 45.0 Å². The van der Waals surface area contributed by atoms with Crippen LogP contribution >= 0.6 is 23.2 Å². The average molecular weight is 682 g/mol. The van der Waals surface area contributed by atoms with Crippen LogP contribution in [0.2, 0.25) is 10.0 Å². The summed E-state index contributed by atoms with van der Waals surface area (Å²) in [6.07, 6.45) is 2.29. The lowest BCUT2D eigenvalue weighted by Gasteiger charge is -2.51. The van der Waals surface area contributed by atoms with Crippen molar-refractivity contribution in [2.24, 2.45) is 0 Å². The largest absolute Gasteiger partial charge is 0.311 e. The number of benzene rings is 2. The van der Waals surface area contributed by atoms with Gasteiger partial charge in [-0.15, -0.1) is 0 Å². The van der Waals surface area contributed by atoms with Crippen LogP contribution in [0.5, 0.6) is 0 Å². The van der Waals surface area contributed by atoms with Crippen LogP contribution in [-0.4, -0.2) is 77.0 Å². The molecule has 0 saturated carbocycles. The number of likely N-dealkylation sites (tertiary alicyclic amines) is 1. The Kier molecular flexibility index (Phi) is 8.93. The van der Waals surface area contributed by atoms with Crippen molar-refractivity contribution in [1.29, 1.82) is 0 Å². The summed E-state index contributed by atoms with van der Waals surface area (Å²) in [4.78, 5) is 31.2. The molecule has 0 spiro atoms. The normalized spacial score (nSPS) is 21.7. The van der Waals surface area contributed by atoms with E-state index < -0.39 is 87.6 Å². The van der Waals surface area contributed by atoms with Gasteiger partial charge in [-0.25, -0.2) is 34.7 Å². The highest BCUT2D eigenvalue weighted by Gasteiger charge is 2.52. The fourth-order valence-electron chi connectivity index (χ4n) is 5.76. The predicted molar refractivity (Wildman–Crippen MR) is 150 cm³/mol. The molecule has 2 atom stereocenters. The summed E-state index contributed by atoms with van der Waals surface area (Å²) < 4.78 is 101. The van der Waals surface area contributed by atoms with Crippen LogP contribution in [0.25, 0.3) is 0 Å². The van der Waals surface area contributed by atoms with Crippen molar-refractivity contribution in [3.63, 3.8) is 0 Å². The van der Waals surface area contributed by atoms with Crippen LogP contribution in [0, 0.1) is 29.1 Å². The molecule has 5 rings (SSSR count). The molecular formula is C28H27Cl2F5N4O4S. The Balaban J connectivity index is 1.71. The highest BCUT2D eigenvalue weighted by molar-refractivity contribution is 7.89. The Bertz CT molecular complexity index is 1640. The monoisotopic (exact) mass is 680 g/mol. The Morgan fingerprint density at radius 1 is 0.886 bits per heavy atom. The van der Waals surface area contributed by atoms with E-state index >= 15 is 0 Å². The van der Waals surface area contributed by atoms with Gasteiger partial charge in [0.05, 0.1) is 11.6 Å². The minimum absolute atomic E-state index is 0.159. The Morgan fingerprint density at radius 3 is 2.05 bits per heavy atom. The number of carbonyl (C=O) groups excluding carboxylic acids is 2. The second-order valence-electron chi connectivity index (χ2n) is 11.0. The molecule has 3 heterocycles. The Labute approximate surface area is 260 Å². The Hall–Kier alpha value is -2.94. The van der Waals surface area contributed by atoms with Gasteiger partial charge in [0.15, 0.2) is 23.3 Å². The van der Waals surface area contributed by atoms with Crippen LogP contribution in [-0.2, 0) is 26.0 Å². The summed E-state index contributed by atoms with van der Waals surface area (Å²) in [6.45, 7) is 3.59. The number of hydrogen-bond acceptors (Lipinski definition) is 5. The van der Waals surface area contributed by atoms with E-state index in [2.05, 4.69) is 0 Å². The van der Waals surface area contributed by atoms with Gasteiger partial charge in [-0.3, -0.25) is 19.4 Å². The molecule has 0 aliphatic carbocycles. The maximum Gasteiger partial charge on any atom is 0.267 e.